The zero-order valence-electron chi connectivity index (χ0n) is 12.0. The number of amides is 1. The largest absolute Gasteiger partial charge is 0.478 e. The average Bonchev–Trinajstić information content (AvgIpc) is 2.87. The third kappa shape index (κ3) is 2.89. The highest BCUT2D eigenvalue weighted by Crippen LogP contribution is 2.30. The number of methoxy groups -OCH3 is 1. The van der Waals surface area contributed by atoms with Gasteiger partial charge in [0.05, 0.1) is 18.6 Å². The molecule has 1 aliphatic heterocycles. The van der Waals surface area contributed by atoms with E-state index in [0.717, 1.165) is 5.56 Å². The van der Waals surface area contributed by atoms with Gasteiger partial charge in [0.1, 0.15) is 0 Å². The minimum absolute atomic E-state index is 0.0904. The summed E-state index contributed by atoms with van der Waals surface area (Å²) in [4.78, 5) is 36.3. The van der Waals surface area contributed by atoms with Crippen LogP contribution in [-0.2, 0) is 20.7 Å². The number of carbonyl (C=O) groups is 3. The lowest BCUT2D eigenvalue weighted by molar-refractivity contribution is -0.145. The summed E-state index contributed by atoms with van der Waals surface area (Å²) < 4.78 is 4.67. The van der Waals surface area contributed by atoms with Crippen LogP contribution in [0.5, 0.6) is 0 Å². The summed E-state index contributed by atoms with van der Waals surface area (Å²) in [6, 6.07) is 4.71. The van der Waals surface area contributed by atoms with Crippen molar-refractivity contribution in [3.05, 3.63) is 29.3 Å². The van der Waals surface area contributed by atoms with Crippen molar-refractivity contribution in [2.45, 2.75) is 19.8 Å². The third-order valence-corrected chi connectivity index (χ3v) is 3.66. The zero-order valence-corrected chi connectivity index (χ0v) is 12.0. The molecule has 1 N–H and O–H groups in total. The van der Waals surface area contributed by atoms with Gasteiger partial charge in [0.15, 0.2) is 0 Å². The Morgan fingerprint density at radius 1 is 1.43 bits per heavy atom. The van der Waals surface area contributed by atoms with E-state index >= 15 is 0 Å². The molecule has 1 fully saturated rings. The quantitative estimate of drug-likeness (QED) is 0.849. The molecule has 1 atom stereocenters. The van der Waals surface area contributed by atoms with Crippen LogP contribution >= 0.6 is 0 Å². The topological polar surface area (TPSA) is 83.9 Å². The number of benzene rings is 1. The molecule has 1 aromatic carbocycles. The Labute approximate surface area is 122 Å². The van der Waals surface area contributed by atoms with Crippen LogP contribution in [0.3, 0.4) is 0 Å². The predicted octanol–water partition coefficient (Wildman–Crippen LogP) is 1.47. The molecule has 1 heterocycles. The van der Waals surface area contributed by atoms with Crippen LogP contribution in [0.25, 0.3) is 0 Å². The summed E-state index contributed by atoms with van der Waals surface area (Å²) >= 11 is 0. The molecule has 0 spiro atoms. The second-order valence-corrected chi connectivity index (χ2v) is 4.93. The molecule has 0 radical (unpaired) electrons. The Morgan fingerprint density at radius 2 is 2.14 bits per heavy atom. The molecule has 1 aromatic rings. The lowest BCUT2D eigenvalue weighted by Gasteiger charge is -2.20. The first-order valence-electron chi connectivity index (χ1n) is 6.72. The van der Waals surface area contributed by atoms with E-state index in [1.54, 1.807) is 6.07 Å². The summed E-state index contributed by atoms with van der Waals surface area (Å²) in [6.07, 6.45) is 0.759. The molecule has 0 bridgehead atoms. The van der Waals surface area contributed by atoms with E-state index in [1.807, 2.05) is 6.92 Å². The molecule has 1 aliphatic rings. The van der Waals surface area contributed by atoms with Crippen LogP contribution < -0.4 is 4.90 Å². The number of hydrogen-bond donors (Lipinski definition) is 1. The first kappa shape index (κ1) is 15.0. The van der Waals surface area contributed by atoms with E-state index in [1.165, 1.54) is 24.1 Å². The van der Waals surface area contributed by atoms with Crippen LogP contribution in [0, 0.1) is 5.92 Å². The lowest BCUT2D eigenvalue weighted by atomic mass is 10.1. The van der Waals surface area contributed by atoms with Gasteiger partial charge in [-0.2, -0.15) is 0 Å². The Bertz CT molecular complexity index is 596. The van der Waals surface area contributed by atoms with Crippen molar-refractivity contribution in [2.24, 2.45) is 5.92 Å². The molecule has 1 unspecified atom stereocenters. The van der Waals surface area contributed by atoms with Gasteiger partial charge in [0.25, 0.3) is 0 Å². The highest BCUT2D eigenvalue weighted by molar-refractivity contribution is 6.01. The fourth-order valence-corrected chi connectivity index (χ4v) is 2.51. The summed E-state index contributed by atoms with van der Waals surface area (Å²) in [5, 5.41) is 9.08. The Kier molecular flexibility index (Phi) is 4.26. The summed E-state index contributed by atoms with van der Waals surface area (Å²) in [5.41, 5.74) is 1.56. The van der Waals surface area contributed by atoms with E-state index in [-0.39, 0.29) is 24.4 Å². The fraction of sp³-hybridized carbons (Fsp3) is 0.400. The van der Waals surface area contributed by atoms with Gasteiger partial charge in [-0.15, -0.1) is 0 Å². The van der Waals surface area contributed by atoms with Gasteiger partial charge < -0.3 is 14.7 Å². The smallest absolute Gasteiger partial charge is 0.335 e. The maximum Gasteiger partial charge on any atom is 0.335 e. The lowest BCUT2D eigenvalue weighted by Crippen LogP contribution is -2.27. The highest BCUT2D eigenvalue weighted by Gasteiger charge is 2.36. The van der Waals surface area contributed by atoms with Crippen LogP contribution in [0.2, 0.25) is 0 Å². The van der Waals surface area contributed by atoms with Gasteiger partial charge in [-0.05, 0) is 24.1 Å². The van der Waals surface area contributed by atoms with Crippen LogP contribution in [0.15, 0.2) is 18.2 Å². The SMILES string of the molecule is CCc1ccc(C(=O)O)cc1N1CC(C(=O)OC)CC1=O. The molecule has 6 heteroatoms. The van der Waals surface area contributed by atoms with Crippen molar-refractivity contribution in [3.8, 4) is 0 Å². The number of rotatable bonds is 4. The molecule has 0 aliphatic carbocycles. The third-order valence-electron chi connectivity index (χ3n) is 3.66. The first-order chi connectivity index (χ1) is 9.97. The van der Waals surface area contributed by atoms with E-state index in [9.17, 15) is 14.4 Å². The Balaban J connectivity index is 2.36. The summed E-state index contributed by atoms with van der Waals surface area (Å²) in [5.74, 6) is -2.16. The van der Waals surface area contributed by atoms with Gasteiger partial charge in [-0.25, -0.2) is 4.79 Å². The maximum absolute atomic E-state index is 12.1. The standard InChI is InChI=1S/C15H17NO5/c1-3-9-4-5-10(14(18)19)6-12(9)16-8-11(7-13(16)17)15(20)21-2/h4-6,11H,3,7-8H2,1-2H3,(H,18,19). The number of aromatic carboxylic acids is 1. The number of anilines is 1. The van der Waals surface area contributed by atoms with Crippen molar-refractivity contribution in [1.29, 1.82) is 0 Å². The normalized spacial score (nSPS) is 17.9. The number of carboxylic acids is 1. The minimum atomic E-state index is -1.05. The Hall–Kier alpha value is -2.37. The first-order valence-corrected chi connectivity index (χ1v) is 6.72. The van der Waals surface area contributed by atoms with Gasteiger partial charge >= 0.3 is 11.9 Å². The molecule has 6 nitrogen and oxygen atoms in total. The second-order valence-electron chi connectivity index (χ2n) is 4.93. The molecular formula is C15H17NO5. The molecule has 0 aromatic heterocycles. The fourth-order valence-electron chi connectivity index (χ4n) is 2.51. The number of ether oxygens (including phenoxy) is 1. The zero-order chi connectivity index (χ0) is 15.6. The minimum Gasteiger partial charge on any atom is -0.478 e. The average molecular weight is 291 g/mol. The molecule has 2 rings (SSSR count). The summed E-state index contributed by atoms with van der Waals surface area (Å²) in [6.45, 7) is 2.15. The highest BCUT2D eigenvalue weighted by atomic mass is 16.5. The molecular weight excluding hydrogens is 274 g/mol. The van der Waals surface area contributed by atoms with Gasteiger partial charge in [0.2, 0.25) is 5.91 Å². The van der Waals surface area contributed by atoms with Crippen molar-refractivity contribution in [3.63, 3.8) is 0 Å². The Morgan fingerprint density at radius 3 is 2.71 bits per heavy atom. The number of nitrogens with zero attached hydrogens (tertiary/aromatic N) is 1. The molecule has 1 saturated heterocycles. The van der Waals surface area contributed by atoms with Crippen LogP contribution in [0.4, 0.5) is 5.69 Å². The van der Waals surface area contributed by atoms with E-state index in [4.69, 9.17) is 5.11 Å². The summed E-state index contributed by atoms with van der Waals surface area (Å²) in [7, 11) is 1.29. The number of carboxylic acid groups (broad SMARTS) is 1. The predicted molar refractivity (Wildman–Crippen MR) is 75.3 cm³/mol. The maximum atomic E-state index is 12.1. The van der Waals surface area contributed by atoms with Gasteiger partial charge in [-0.3, -0.25) is 9.59 Å². The number of esters is 1. The molecule has 112 valence electrons. The van der Waals surface area contributed by atoms with Crippen molar-refractivity contribution in [2.75, 3.05) is 18.6 Å². The number of aryl methyl sites for hydroxylation is 1. The van der Waals surface area contributed by atoms with E-state index < -0.39 is 17.9 Å². The van der Waals surface area contributed by atoms with Gasteiger partial charge in [-0.1, -0.05) is 13.0 Å². The van der Waals surface area contributed by atoms with Crippen molar-refractivity contribution >= 4 is 23.5 Å². The van der Waals surface area contributed by atoms with Gasteiger partial charge in [0, 0.05) is 18.7 Å². The molecule has 21 heavy (non-hydrogen) atoms. The second kappa shape index (κ2) is 5.95. The van der Waals surface area contributed by atoms with Crippen LogP contribution in [-0.4, -0.2) is 36.6 Å². The number of carbonyl (C=O) groups excluding carboxylic acids is 2. The monoisotopic (exact) mass is 291 g/mol. The van der Waals surface area contributed by atoms with Crippen LogP contribution in [0.1, 0.15) is 29.3 Å². The molecule has 1 amide bonds. The van der Waals surface area contributed by atoms with E-state index in [0.29, 0.717) is 12.1 Å². The molecule has 0 saturated carbocycles. The number of hydrogen-bond acceptors (Lipinski definition) is 4. The van der Waals surface area contributed by atoms with E-state index in [2.05, 4.69) is 4.74 Å². The van der Waals surface area contributed by atoms with Crippen molar-refractivity contribution in [1.82, 2.24) is 0 Å². The van der Waals surface area contributed by atoms with Crippen molar-refractivity contribution < 1.29 is 24.2 Å².